The first-order chi connectivity index (χ1) is 14.4. The summed E-state index contributed by atoms with van der Waals surface area (Å²) in [7, 11) is 0. The number of nitriles is 1. The molecule has 0 radical (unpaired) electrons. The van der Waals surface area contributed by atoms with Crippen molar-refractivity contribution in [1.82, 2.24) is 10.2 Å². The number of piperazine rings is 1. The van der Waals surface area contributed by atoms with Gasteiger partial charge in [0.15, 0.2) is 12.1 Å². The van der Waals surface area contributed by atoms with Crippen LogP contribution >= 0.6 is 0 Å². The van der Waals surface area contributed by atoms with Crippen molar-refractivity contribution in [1.29, 1.82) is 5.26 Å². The number of nitrogens with zero attached hydrogens (tertiary/aromatic N) is 4. The molecule has 0 aliphatic carbocycles. The highest BCUT2D eigenvalue weighted by Crippen LogP contribution is 2.44. The van der Waals surface area contributed by atoms with Crippen LogP contribution in [0.5, 0.6) is 0 Å². The molecule has 2 aromatic rings. The van der Waals surface area contributed by atoms with Crippen molar-refractivity contribution in [2.45, 2.75) is 32.0 Å². The molecule has 8 heteroatoms. The van der Waals surface area contributed by atoms with Gasteiger partial charge in [0.1, 0.15) is 6.67 Å². The van der Waals surface area contributed by atoms with Crippen molar-refractivity contribution in [3.05, 3.63) is 42.0 Å². The first-order valence-electron chi connectivity index (χ1n) is 10.1. The molecule has 0 aromatic heterocycles. The number of benzene rings is 2. The summed E-state index contributed by atoms with van der Waals surface area (Å²) in [5.74, 6) is -0.468. The second kappa shape index (κ2) is 6.36. The normalized spacial score (nSPS) is 29.5. The van der Waals surface area contributed by atoms with Gasteiger partial charge in [-0.05, 0) is 26.0 Å². The van der Waals surface area contributed by atoms with Crippen LogP contribution in [0.15, 0.2) is 36.4 Å². The summed E-state index contributed by atoms with van der Waals surface area (Å²) in [6, 6.07) is 11.2. The molecule has 0 saturated carbocycles. The first kappa shape index (κ1) is 18.7. The zero-order valence-corrected chi connectivity index (χ0v) is 16.8. The highest BCUT2D eigenvalue weighted by atomic mass is 16.2. The Balaban J connectivity index is 1.62. The predicted molar refractivity (Wildman–Crippen MR) is 109 cm³/mol. The fourth-order valence-corrected chi connectivity index (χ4v) is 5.22. The zero-order valence-electron chi connectivity index (χ0n) is 16.8. The van der Waals surface area contributed by atoms with Crippen LogP contribution in [-0.4, -0.2) is 65.1 Å². The van der Waals surface area contributed by atoms with Crippen molar-refractivity contribution in [3.8, 4) is 6.07 Å². The fourth-order valence-electron chi connectivity index (χ4n) is 5.22. The molecule has 4 unspecified atom stereocenters. The Morgan fingerprint density at radius 2 is 1.90 bits per heavy atom. The fraction of sp³-hybridized carbons (Fsp3) is 0.364. The van der Waals surface area contributed by atoms with E-state index in [0.717, 1.165) is 0 Å². The van der Waals surface area contributed by atoms with Gasteiger partial charge in [-0.1, -0.05) is 24.3 Å². The smallest absolute Gasteiger partial charge is 0.349 e. The van der Waals surface area contributed by atoms with E-state index in [2.05, 4.69) is 11.4 Å². The van der Waals surface area contributed by atoms with Crippen LogP contribution in [0.3, 0.4) is 0 Å². The summed E-state index contributed by atoms with van der Waals surface area (Å²) in [5, 5.41) is 13.7. The second-order valence-corrected chi connectivity index (χ2v) is 8.55. The van der Waals surface area contributed by atoms with Gasteiger partial charge >= 0.3 is 6.03 Å². The largest absolute Gasteiger partial charge is 0.433 e. The van der Waals surface area contributed by atoms with Crippen molar-refractivity contribution in [2.24, 2.45) is 0 Å². The first-order valence-corrected chi connectivity index (χ1v) is 10.1. The Bertz CT molecular complexity index is 1150. The van der Waals surface area contributed by atoms with Crippen molar-refractivity contribution < 1.29 is 18.9 Å². The lowest BCUT2D eigenvalue weighted by Crippen LogP contribution is -2.64. The summed E-state index contributed by atoms with van der Waals surface area (Å²) in [6.07, 6.45) is 0. The van der Waals surface area contributed by atoms with Crippen LogP contribution in [0.4, 0.5) is 10.5 Å². The Hall–Kier alpha value is -3.28. The number of carbonyl (C=O) groups is 3. The summed E-state index contributed by atoms with van der Waals surface area (Å²) in [4.78, 5) is 43.4. The average Bonchev–Trinajstić information content (AvgIpc) is 3.36. The van der Waals surface area contributed by atoms with Crippen LogP contribution in [0.2, 0.25) is 0 Å². The highest BCUT2D eigenvalue weighted by molar-refractivity contribution is 6.22. The molecule has 30 heavy (non-hydrogen) atoms. The maximum absolute atomic E-state index is 13.8. The third-order valence-electron chi connectivity index (χ3n) is 6.46. The van der Waals surface area contributed by atoms with E-state index in [-0.39, 0.29) is 28.4 Å². The number of quaternary nitrogens is 1. The van der Waals surface area contributed by atoms with Gasteiger partial charge in [-0.2, -0.15) is 10.2 Å². The molecule has 3 aliphatic rings. The summed E-state index contributed by atoms with van der Waals surface area (Å²) in [6.45, 7) is 5.07. The van der Waals surface area contributed by atoms with E-state index in [1.807, 2.05) is 43.0 Å². The molecule has 1 spiro atoms. The number of nitrogens with one attached hydrogen (secondary N) is 1. The number of hydrogen-bond acceptors (Lipinski definition) is 5. The SMILES string of the molecule is CC(C)NC(=O)C1CN2CC3C(=O)N(c4ccc(C#N)c5ccccc45)C(=O)[N+]13C2. The molecule has 4 atom stereocenters. The van der Waals surface area contributed by atoms with Gasteiger partial charge in [-0.25, -0.2) is 14.2 Å². The number of carbonyl (C=O) groups excluding carboxylic acids is 3. The lowest BCUT2D eigenvalue weighted by atomic mass is 10.0. The molecule has 3 fully saturated rings. The molecule has 152 valence electrons. The molecule has 2 aromatic carbocycles. The summed E-state index contributed by atoms with van der Waals surface area (Å²) in [5.41, 5.74) is 0.963. The van der Waals surface area contributed by atoms with Gasteiger partial charge in [0.2, 0.25) is 0 Å². The minimum atomic E-state index is -0.600. The number of hydrogen-bond donors (Lipinski definition) is 1. The summed E-state index contributed by atoms with van der Waals surface area (Å²) >= 11 is 0. The van der Waals surface area contributed by atoms with Crippen LogP contribution in [0, 0.1) is 11.3 Å². The number of urea groups is 1. The third-order valence-corrected chi connectivity index (χ3v) is 6.46. The second-order valence-electron chi connectivity index (χ2n) is 8.55. The van der Waals surface area contributed by atoms with Crippen LogP contribution < -0.4 is 10.2 Å². The number of imide groups is 1. The molecule has 3 aliphatic heterocycles. The molecular formula is C22H22N5O3+. The third kappa shape index (κ3) is 2.30. The molecule has 5 rings (SSSR count). The number of rotatable bonds is 3. The van der Waals surface area contributed by atoms with Gasteiger partial charge in [-0.3, -0.25) is 9.59 Å². The van der Waals surface area contributed by atoms with E-state index in [9.17, 15) is 19.6 Å². The quantitative estimate of drug-likeness (QED) is 0.619. The van der Waals surface area contributed by atoms with Gasteiger partial charge in [0.25, 0.3) is 11.8 Å². The number of amides is 4. The minimum Gasteiger partial charge on any atom is -0.349 e. The molecular weight excluding hydrogens is 382 g/mol. The molecule has 3 saturated heterocycles. The Labute approximate surface area is 173 Å². The zero-order chi connectivity index (χ0) is 21.2. The van der Waals surface area contributed by atoms with Crippen molar-refractivity contribution in [2.75, 3.05) is 24.7 Å². The van der Waals surface area contributed by atoms with Gasteiger partial charge in [0, 0.05) is 16.8 Å². The van der Waals surface area contributed by atoms with E-state index in [0.29, 0.717) is 41.8 Å². The van der Waals surface area contributed by atoms with E-state index in [1.165, 1.54) is 4.90 Å². The minimum absolute atomic E-state index is 0.0449. The molecule has 4 amide bonds. The highest BCUT2D eigenvalue weighted by Gasteiger charge is 2.73. The lowest BCUT2D eigenvalue weighted by molar-refractivity contribution is -0.853. The summed E-state index contributed by atoms with van der Waals surface area (Å²) < 4.78 is -0.161. The van der Waals surface area contributed by atoms with Crippen molar-refractivity contribution in [3.63, 3.8) is 0 Å². The van der Waals surface area contributed by atoms with E-state index < -0.39 is 12.1 Å². The lowest BCUT2D eigenvalue weighted by Gasteiger charge is -2.33. The van der Waals surface area contributed by atoms with E-state index in [1.54, 1.807) is 12.1 Å². The number of fused-ring (bicyclic) bond motifs is 2. The molecule has 2 bridgehead atoms. The molecule has 1 N–H and O–H groups in total. The number of anilines is 1. The standard InChI is InChI=1S/C22H21N5O3/c1-13(2)24-20(28)18-10-25-11-19-21(29)26(22(30)27(18,19)12-25)17-8-7-14(9-23)15-5-3-4-6-16(15)17/h3-8,13,18-19H,10-12H2,1-2H3/p+1. The maximum Gasteiger partial charge on any atom is 0.433 e. The Kier molecular flexibility index (Phi) is 3.97. The Morgan fingerprint density at radius 1 is 1.17 bits per heavy atom. The Morgan fingerprint density at radius 3 is 2.60 bits per heavy atom. The average molecular weight is 404 g/mol. The van der Waals surface area contributed by atoms with Crippen LogP contribution in [0.1, 0.15) is 19.4 Å². The van der Waals surface area contributed by atoms with E-state index in [4.69, 9.17) is 0 Å². The van der Waals surface area contributed by atoms with Gasteiger partial charge in [0.05, 0.1) is 30.4 Å². The van der Waals surface area contributed by atoms with E-state index >= 15 is 0 Å². The van der Waals surface area contributed by atoms with Gasteiger partial charge in [-0.15, -0.1) is 0 Å². The van der Waals surface area contributed by atoms with Crippen LogP contribution in [0.25, 0.3) is 10.8 Å². The molecule has 3 heterocycles. The predicted octanol–water partition coefficient (Wildman–Crippen LogP) is 1.54. The molecule has 8 nitrogen and oxygen atoms in total. The maximum atomic E-state index is 13.8. The van der Waals surface area contributed by atoms with Gasteiger partial charge < -0.3 is 5.32 Å². The van der Waals surface area contributed by atoms with Crippen molar-refractivity contribution >= 4 is 34.3 Å². The van der Waals surface area contributed by atoms with Crippen LogP contribution in [-0.2, 0) is 9.59 Å². The topological polar surface area (TPSA) is 93.5 Å². The monoisotopic (exact) mass is 404 g/mol.